The lowest BCUT2D eigenvalue weighted by molar-refractivity contribution is -0.146. The Balaban J connectivity index is 2.33. The smallest absolute Gasteiger partial charge is 0.329 e. The highest BCUT2D eigenvalue weighted by atomic mass is 19.2. The molecule has 0 bridgehead atoms. The molecule has 6 heteroatoms. The summed E-state index contributed by atoms with van der Waals surface area (Å²) in [5.74, 6) is -3.80. The third-order valence-corrected chi connectivity index (χ3v) is 3.05. The van der Waals surface area contributed by atoms with Gasteiger partial charge in [-0.1, -0.05) is 12.1 Å². The second-order valence-electron chi connectivity index (χ2n) is 4.25. The van der Waals surface area contributed by atoms with Crippen LogP contribution in [0, 0.1) is 11.6 Å². The van der Waals surface area contributed by atoms with Crippen LogP contribution in [0.15, 0.2) is 18.2 Å². The van der Waals surface area contributed by atoms with Crippen LogP contribution >= 0.6 is 0 Å². The molecule has 1 saturated heterocycles. The molecule has 0 radical (unpaired) electrons. The molecule has 2 rings (SSSR count). The molecule has 2 unspecified atom stereocenters. The van der Waals surface area contributed by atoms with Crippen LogP contribution in [0.4, 0.5) is 8.78 Å². The van der Waals surface area contributed by atoms with Crippen LogP contribution in [0.2, 0.25) is 0 Å². The lowest BCUT2D eigenvalue weighted by Crippen LogP contribution is -2.37. The molecule has 0 spiro atoms. The number of hydrogen-bond donors (Lipinski definition) is 1. The quantitative estimate of drug-likeness (QED) is 0.846. The lowest BCUT2D eigenvalue weighted by Gasteiger charge is -2.18. The summed E-state index contributed by atoms with van der Waals surface area (Å²) in [6, 6.07) is 2.74. The normalized spacial score (nSPS) is 22.2. The fourth-order valence-electron chi connectivity index (χ4n) is 2.20. The highest BCUT2D eigenvalue weighted by molar-refractivity contribution is 5.90. The van der Waals surface area contributed by atoms with Crippen LogP contribution in [0.5, 0.6) is 0 Å². The Kier molecular flexibility index (Phi) is 3.78. The van der Waals surface area contributed by atoms with Crippen LogP contribution in [0.25, 0.3) is 0 Å². The third-order valence-electron chi connectivity index (χ3n) is 3.05. The van der Waals surface area contributed by atoms with Gasteiger partial charge in [-0.15, -0.1) is 0 Å². The summed E-state index contributed by atoms with van der Waals surface area (Å²) in [6.45, 7) is 1.79. The van der Waals surface area contributed by atoms with E-state index in [-0.39, 0.29) is 24.5 Å². The first-order valence-corrected chi connectivity index (χ1v) is 5.94. The number of nitrogens with one attached hydrogen (secondary N) is 1. The molecule has 19 heavy (non-hydrogen) atoms. The van der Waals surface area contributed by atoms with Gasteiger partial charge < -0.3 is 10.1 Å². The van der Waals surface area contributed by atoms with Crippen molar-refractivity contribution in [3.8, 4) is 0 Å². The Morgan fingerprint density at radius 3 is 2.89 bits per heavy atom. The molecule has 1 amide bonds. The van der Waals surface area contributed by atoms with E-state index in [2.05, 4.69) is 5.32 Å². The van der Waals surface area contributed by atoms with Crippen molar-refractivity contribution >= 4 is 11.9 Å². The van der Waals surface area contributed by atoms with Gasteiger partial charge in [-0.2, -0.15) is 0 Å². The van der Waals surface area contributed by atoms with Crippen molar-refractivity contribution in [2.24, 2.45) is 0 Å². The van der Waals surface area contributed by atoms with E-state index < -0.39 is 29.6 Å². The van der Waals surface area contributed by atoms with Crippen molar-refractivity contribution in [1.29, 1.82) is 0 Å². The van der Waals surface area contributed by atoms with Gasteiger partial charge >= 0.3 is 5.97 Å². The van der Waals surface area contributed by atoms with E-state index in [1.165, 1.54) is 12.1 Å². The number of esters is 1. The minimum atomic E-state index is -1.03. The van der Waals surface area contributed by atoms with Crippen molar-refractivity contribution in [1.82, 2.24) is 5.32 Å². The molecular weight excluding hydrogens is 256 g/mol. The summed E-state index contributed by atoms with van der Waals surface area (Å²) in [7, 11) is 0. The summed E-state index contributed by atoms with van der Waals surface area (Å²) in [6.07, 6.45) is -0.0656. The third kappa shape index (κ3) is 2.57. The van der Waals surface area contributed by atoms with E-state index in [0.717, 1.165) is 6.07 Å². The molecule has 1 N–H and O–H groups in total. The number of hydrogen-bond acceptors (Lipinski definition) is 3. The number of carbonyl (C=O) groups is 2. The maximum atomic E-state index is 13.7. The summed E-state index contributed by atoms with van der Waals surface area (Å²) in [5, 5.41) is 2.43. The SMILES string of the molecule is CCOC(=O)C1NC(=O)CC1c1cccc(F)c1F. The van der Waals surface area contributed by atoms with Crippen molar-refractivity contribution in [3.05, 3.63) is 35.4 Å². The minimum Gasteiger partial charge on any atom is -0.464 e. The van der Waals surface area contributed by atoms with Crippen LogP contribution in [-0.2, 0) is 14.3 Å². The molecule has 2 atom stereocenters. The molecule has 1 aliphatic rings. The van der Waals surface area contributed by atoms with Crippen molar-refractivity contribution in [3.63, 3.8) is 0 Å². The van der Waals surface area contributed by atoms with Crippen LogP contribution in [-0.4, -0.2) is 24.5 Å². The van der Waals surface area contributed by atoms with Gasteiger partial charge in [-0.25, -0.2) is 13.6 Å². The van der Waals surface area contributed by atoms with Gasteiger partial charge in [0.1, 0.15) is 6.04 Å². The number of benzene rings is 1. The predicted molar refractivity (Wildman–Crippen MR) is 62.3 cm³/mol. The molecule has 1 aliphatic heterocycles. The first-order valence-electron chi connectivity index (χ1n) is 5.94. The molecule has 1 aromatic carbocycles. The first-order chi connectivity index (χ1) is 9.04. The fraction of sp³-hybridized carbons (Fsp3) is 0.385. The van der Waals surface area contributed by atoms with E-state index in [1.54, 1.807) is 6.92 Å². The highest BCUT2D eigenvalue weighted by Crippen LogP contribution is 2.31. The van der Waals surface area contributed by atoms with E-state index in [4.69, 9.17) is 4.74 Å². The molecule has 0 aliphatic carbocycles. The van der Waals surface area contributed by atoms with Gasteiger partial charge in [-0.05, 0) is 18.6 Å². The zero-order chi connectivity index (χ0) is 14.0. The van der Waals surface area contributed by atoms with E-state index in [1.807, 2.05) is 0 Å². The Morgan fingerprint density at radius 1 is 1.47 bits per heavy atom. The Morgan fingerprint density at radius 2 is 2.21 bits per heavy atom. The van der Waals surface area contributed by atoms with Crippen molar-refractivity contribution in [2.75, 3.05) is 6.61 Å². The highest BCUT2D eigenvalue weighted by Gasteiger charge is 2.40. The Hall–Kier alpha value is -1.98. The fourth-order valence-corrected chi connectivity index (χ4v) is 2.20. The standard InChI is InChI=1S/C13H13F2NO3/c1-2-19-13(18)12-8(6-10(17)16-12)7-4-3-5-9(14)11(7)15/h3-5,8,12H,2,6H2,1H3,(H,16,17). The second kappa shape index (κ2) is 5.34. The molecule has 1 heterocycles. The predicted octanol–water partition coefficient (Wildman–Crippen LogP) is 1.50. The molecular formula is C13H13F2NO3. The van der Waals surface area contributed by atoms with Crippen LogP contribution in [0.3, 0.4) is 0 Å². The maximum absolute atomic E-state index is 13.7. The number of ether oxygens (including phenoxy) is 1. The van der Waals surface area contributed by atoms with E-state index in [9.17, 15) is 18.4 Å². The number of carbonyl (C=O) groups excluding carboxylic acids is 2. The average Bonchev–Trinajstić information content (AvgIpc) is 2.75. The number of rotatable bonds is 3. The Labute approximate surface area is 108 Å². The molecule has 1 fully saturated rings. The van der Waals surface area contributed by atoms with Gasteiger partial charge in [-0.3, -0.25) is 4.79 Å². The molecule has 4 nitrogen and oxygen atoms in total. The number of halogens is 2. The van der Waals surface area contributed by atoms with Crippen LogP contribution in [0.1, 0.15) is 24.8 Å². The van der Waals surface area contributed by atoms with Gasteiger partial charge in [0, 0.05) is 12.3 Å². The first kappa shape index (κ1) is 13.5. The monoisotopic (exact) mass is 269 g/mol. The lowest BCUT2D eigenvalue weighted by atomic mass is 9.91. The molecule has 0 saturated carbocycles. The summed E-state index contributed by atoms with van der Waals surface area (Å²) in [4.78, 5) is 23.1. The van der Waals surface area contributed by atoms with Gasteiger partial charge in [0.25, 0.3) is 0 Å². The van der Waals surface area contributed by atoms with Crippen LogP contribution < -0.4 is 5.32 Å². The zero-order valence-electron chi connectivity index (χ0n) is 10.3. The number of amides is 1. The zero-order valence-corrected chi connectivity index (χ0v) is 10.3. The average molecular weight is 269 g/mol. The second-order valence-corrected chi connectivity index (χ2v) is 4.25. The van der Waals surface area contributed by atoms with Gasteiger partial charge in [0.15, 0.2) is 11.6 Å². The summed E-state index contributed by atoms with van der Waals surface area (Å²) in [5.41, 5.74) is 0.0106. The van der Waals surface area contributed by atoms with Crippen molar-refractivity contribution < 1.29 is 23.1 Å². The van der Waals surface area contributed by atoms with Gasteiger partial charge in [0.05, 0.1) is 6.61 Å². The summed E-state index contributed by atoms with van der Waals surface area (Å²) >= 11 is 0. The largest absolute Gasteiger partial charge is 0.464 e. The van der Waals surface area contributed by atoms with E-state index >= 15 is 0 Å². The maximum Gasteiger partial charge on any atom is 0.329 e. The minimum absolute atomic E-state index is 0.0106. The molecule has 0 aromatic heterocycles. The van der Waals surface area contributed by atoms with Crippen molar-refractivity contribution in [2.45, 2.75) is 25.3 Å². The summed E-state index contributed by atoms with van der Waals surface area (Å²) < 4.78 is 31.8. The van der Waals surface area contributed by atoms with E-state index in [0.29, 0.717) is 0 Å². The molecule has 102 valence electrons. The van der Waals surface area contributed by atoms with Gasteiger partial charge in [0.2, 0.25) is 5.91 Å². The topological polar surface area (TPSA) is 55.4 Å². The molecule has 1 aromatic rings. The Bertz CT molecular complexity index is 519.